The van der Waals surface area contributed by atoms with Gasteiger partial charge in [-0.1, -0.05) is 42.0 Å². The number of rotatable bonds is 5. The molecule has 1 heteroatoms. The Morgan fingerprint density at radius 2 is 2.21 bits per heavy atom. The second kappa shape index (κ2) is 6.39. The third-order valence-corrected chi connectivity index (χ3v) is 2.17. The molecular weight excluding hydrogens is 170 g/mol. The molecule has 0 saturated carbocycles. The number of benzene rings is 1. The number of allylic oxidation sites excluding steroid dienone is 1. The van der Waals surface area contributed by atoms with Crippen LogP contribution in [0.3, 0.4) is 0 Å². The smallest absolute Gasteiger partial charge is 0.0134 e. The van der Waals surface area contributed by atoms with E-state index in [4.69, 9.17) is 0 Å². The van der Waals surface area contributed by atoms with E-state index in [0.29, 0.717) is 0 Å². The lowest BCUT2D eigenvalue weighted by Gasteiger charge is -2.03. The van der Waals surface area contributed by atoms with Crippen LogP contribution in [0, 0.1) is 6.92 Å². The van der Waals surface area contributed by atoms with Crippen LogP contribution in [0.15, 0.2) is 36.4 Å². The van der Waals surface area contributed by atoms with Crippen molar-refractivity contribution in [1.29, 1.82) is 0 Å². The van der Waals surface area contributed by atoms with Gasteiger partial charge in [-0.2, -0.15) is 0 Å². The molecule has 0 heterocycles. The van der Waals surface area contributed by atoms with Gasteiger partial charge in [-0.05, 0) is 32.4 Å². The Hall–Kier alpha value is -1.08. The van der Waals surface area contributed by atoms with Crippen molar-refractivity contribution in [2.45, 2.75) is 20.3 Å². The fourth-order valence-corrected chi connectivity index (χ4v) is 1.40. The van der Waals surface area contributed by atoms with Gasteiger partial charge < -0.3 is 5.32 Å². The first-order valence-electron chi connectivity index (χ1n) is 5.20. The monoisotopic (exact) mass is 189 g/mol. The predicted molar refractivity (Wildman–Crippen MR) is 62.6 cm³/mol. The molecule has 0 radical (unpaired) electrons. The summed E-state index contributed by atoms with van der Waals surface area (Å²) < 4.78 is 0. The molecule has 0 aliphatic rings. The van der Waals surface area contributed by atoms with Crippen molar-refractivity contribution in [3.63, 3.8) is 0 Å². The Morgan fingerprint density at radius 3 is 2.93 bits per heavy atom. The highest BCUT2D eigenvalue weighted by Gasteiger charge is 1.91. The molecule has 0 aliphatic heterocycles. The molecule has 1 rings (SSSR count). The van der Waals surface area contributed by atoms with E-state index in [-0.39, 0.29) is 0 Å². The molecule has 14 heavy (non-hydrogen) atoms. The molecule has 0 aliphatic carbocycles. The number of hydrogen-bond donors (Lipinski definition) is 1. The van der Waals surface area contributed by atoms with E-state index in [2.05, 4.69) is 48.7 Å². The molecule has 0 bridgehead atoms. The quantitative estimate of drug-likeness (QED) is 0.554. The second-order valence-corrected chi connectivity index (χ2v) is 3.51. The summed E-state index contributed by atoms with van der Waals surface area (Å²) in [5.41, 5.74) is 2.76. The molecule has 0 saturated heterocycles. The molecule has 0 unspecified atom stereocenters. The van der Waals surface area contributed by atoms with Crippen molar-refractivity contribution in [3.05, 3.63) is 47.5 Å². The Bertz CT molecular complexity index is 289. The first-order valence-corrected chi connectivity index (χ1v) is 5.20. The van der Waals surface area contributed by atoms with Gasteiger partial charge in [0.25, 0.3) is 0 Å². The maximum absolute atomic E-state index is 3.37. The highest BCUT2D eigenvalue weighted by Crippen LogP contribution is 2.03. The summed E-state index contributed by atoms with van der Waals surface area (Å²) in [6.45, 7) is 6.20. The molecule has 0 atom stereocenters. The summed E-state index contributed by atoms with van der Waals surface area (Å²) in [6.07, 6.45) is 5.31. The number of nitrogens with one attached hydrogen (secondary N) is 1. The second-order valence-electron chi connectivity index (χ2n) is 3.51. The Kier molecular flexibility index (Phi) is 5.02. The zero-order chi connectivity index (χ0) is 10.2. The molecule has 0 spiro atoms. The molecule has 76 valence electrons. The first-order chi connectivity index (χ1) is 6.83. The van der Waals surface area contributed by atoms with E-state index >= 15 is 0 Å². The van der Waals surface area contributed by atoms with Crippen molar-refractivity contribution in [1.82, 2.24) is 5.32 Å². The van der Waals surface area contributed by atoms with Gasteiger partial charge in [-0.15, -0.1) is 0 Å². The average Bonchev–Trinajstić information content (AvgIpc) is 2.18. The molecule has 1 aromatic carbocycles. The van der Waals surface area contributed by atoms with Crippen LogP contribution < -0.4 is 5.32 Å². The standard InChI is InChI=1S/C13H19N/c1-3-4-9-14-10-8-13-7-5-6-12(2)11-13/h3-7,11,14H,8-10H2,1-2H3/b4-3+. The van der Waals surface area contributed by atoms with Gasteiger partial charge in [0.05, 0.1) is 0 Å². The summed E-state index contributed by atoms with van der Waals surface area (Å²) >= 11 is 0. The van der Waals surface area contributed by atoms with Crippen LogP contribution in [-0.4, -0.2) is 13.1 Å². The van der Waals surface area contributed by atoms with Crippen LogP contribution in [0.5, 0.6) is 0 Å². The summed E-state index contributed by atoms with van der Waals surface area (Å²) in [4.78, 5) is 0. The molecular formula is C13H19N. The minimum atomic E-state index is 0.975. The third-order valence-electron chi connectivity index (χ3n) is 2.17. The minimum Gasteiger partial charge on any atom is -0.313 e. The zero-order valence-corrected chi connectivity index (χ0v) is 9.09. The van der Waals surface area contributed by atoms with E-state index < -0.39 is 0 Å². The lowest BCUT2D eigenvalue weighted by Crippen LogP contribution is -2.16. The van der Waals surface area contributed by atoms with Gasteiger partial charge in [0.15, 0.2) is 0 Å². The highest BCUT2D eigenvalue weighted by molar-refractivity contribution is 5.22. The maximum atomic E-state index is 3.37. The SMILES string of the molecule is C/C=C/CNCCc1cccc(C)c1. The minimum absolute atomic E-state index is 0.975. The van der Waals surface area contributed by atoms with Gasteiger partial charge in [0.1, 0.15) is 0 Å². The number of hydrogen-bond acceptors (Lipinski definition) is 1. The van der Waals surface area contributed by atoms with E-state index in [9.17, 15) is 0 Å². The van der Waals surface area contributed by atoms with Crippen molar-refractivity contribution < 1.29 is 0 Å². The number of aryl methyl sites for hydroxylation is 1. The predicted octanol–water partition coefficient (Wildman–Crippen LogP) is 2.70. The maximum Gasteiger partial charge on any atom is 0.0134 e. The lowest BCUT2D eigenvalue weighted by atomic mass is 10.1. The van der Waals surface area contributed by atoms with Crippen molar-refractivity contribution in [2.24, 2.45) is 0 Å². The summed E-state index contributed by atoms with van der Waals surface area (Å²) in [5, 5.41) is 3.37. The summed E-state index contributed by atoms with van der Waals surface area (Å²) in [5.74, 6) is 0. The van der Waals surface area contributed by atoms with Crippen LogP contribution in [-0.2, 0) is 6.42 Å². The van der Waals surface area contributed by atoms with Crippen molar-refractivity contribution >= 4 is 0 Å². The van der Waals surface area contributed by atoms with Gasteiger partial charge in [0, 0.05) is 6.54 Å². The Morgan fingerprint density at radius 1 is 1.36 bits per heavy atom. The molecule has 1 aromatic rings. The van der Waals surface area contributed by atoms with Gasteiger partial charge >= 0.3 is 0 Å². The van der Waals surface area contributed by atoms with E-state index in [1.54, 1.807) is 0 Å². The van der Waals surface area contributed by atoms with Gasteiger partial charge in [-0.25, -0.2) is 0 Å². The molecule has 1 nitrogen and oxygen atoms in total. The third kappa shape index (κ3) is 4.24. The fraction of sp³-hybridized carbons (Fsp3) is 0.385. The molecule has 0 aromatic heterocycles. The normalized spacial score (nSPS) is 11.0. The topological polar surface area (TPSA) is 12.0 Å². The average molecular weight is 189 g/mol. The van der Waals surface area contributed by atoms with Gasteiger partial charge in [0.2, 0.25) is 0 Å². The van der Waals surface area contributed by atoms with Crippen molar-refractivity contribution in [2.75, 3.05) is 13.1 Å². The Balaban J connectivity index is 2.24. The summed E-state index contributed by atoms with van der Waals surface area (Å²) in [7, 11) is 0. The molecule has 1 N–H and O–H groups in total. The summed E-state index contributed by atoms with van der Waals surface area (Å²) in [6, 6.07) is 8.69. The Labute approximate surface area is 86.8 Å². The highest BCUT2D eigenvalue weighted by atomic mass is 14.8. The molecule has 0 fully saturated rings. The van der Waals surface area contributed by atoms with Gasteiger partial charge in [-0.3, -0.25) is 0 Å². The molecule has 0 amide bonds. The van der Waals surface area contributed by atoms with Crippen molar-refractivity contribution in [3.8, 4) is 0 Å². The fourth-order valence-electron chi connectivity index (χ4n) is 1.40. The van der Waals surface area contributed by atoms with Crippen LogP contribution in [0.25, 0.3) is 0 Å². The first kappa shape index (κ1) is 11.0. The van der Waals surface area contributed by atoms with Crippen LogP contribution in [0.4, 0.5) is 0 Å². The van der Waals surface area contributed by atoms with E-state index in [1.807, 2.05) is 6.92 Å². The zero-order valence-electron chi connectivity index (χ0n) is 9.09. The van der Waals surface area contributed by atoms with E-state index in [1.165, 1.54) is 11.1 Å². The largest absolute Gasteiger partial charge is 0.313 e. The van der Waals surface area contributed by atoms with E-state index in [0.717, 1.165) is 19.5 Å². The van der Waals surface area contributed by atoms with Crippen LogP contribution in [0.1, 0.15) is 18.1 Å². The van der Waals surface area contributed by atoms with Crippen LogP contribution in [0.2, 0.25) is 0 Å². The van der Waals surface area contributed by atoms with Crippen LogP contribution >= 0.6 is 0 Å². The lowest BCUT2D eigenvalue weighted by molar-refractivity contribution is 0.744.